The molecule has 4 heteroatoms. The lowest BCUT2D eigenvalue weighted by Crippen LogP contribution is -2.19. The first kappa shape index (κ1) is 15.4. The monoisotopic (exact) mass is 302 g/mol. The van der Waals surface area contributed by atoms with Crippen LogP contribution in [0.15, 0.2) is 42.5 Å². The standard InChI is InChI=1S/C17H19FN2S/c1-11(2)13-5-8-14(9-6-13)19-17(21)20-15-7-4-12(3)16(18)10-15/h4-11H,1-3H3,(H2,19,20,21). The Morgan fingerprint density at radius 2 is 1.57 bits per heavy atom. The summed E-state index contributed by atoms with van der Waals surface area (Å²) in [7, 11) is 0. The third-order valence-corrected chi connectivity index (χ3v) is 3.47. The lowest BCUT2D eigenvalue weighted by atomic mass is 10.0. The topological polar surface area (TPSA) is 24.1 Å². The lowest BCUT2D eigenvalue weighted by molar-refractivity contribution is 0.619. The molecule has 0 aromatic heterocycles. The molecule has 0 spiro atoms. The number of hydrogen-bond donors (Lipinski definition) is 2. The van der Waals surface area contributed by atoms with Crippen molar-refractivity contribution in [2.24, 2.45) is 0 Å². The maximum absolute atomic E-state index is 13.5. The molecule has 0 aliphatic carbocycles. The van der Waals surface area contributed by atoms with Crippen LogP contribution in [-0.2, 0) is 0 Å². The summed E-state index contributed by atoms with van der Waals surface area (Å²) in [6.45, 7) is 6.03. The van der Waals surface area contributed by atoms with E-state index in [-0.39, 0.29) is 5.82 Å². The molecule has 2 aromatic carbocycles. The molecular formula is C17H19FN2S. The van der Waals surface area contributed by atoms with Crippen molar-refractivity contribution in [3.8, 4) is 0 Å². The summed E-state index contributed by atoms with van der Waals surface area (Å²) in [6, 6.07) is 13.1. The minimum atomic E-state index is -0.246. The molecule has 2 nitrogen and oxygen atoms in total. The quantitative estimate of drug-likeness (QED) is 0.774. The van der Waals surface area contributed by atoms with Gasteiger partial charge in [0.2, 0.25) is 0 Å². The van der Waals surface area contributed by atoms with E-state index in [1.165, 1.54) is 11.6 Å². The van der Waals surface area contributed by atoms with Crippen LogP contribution in [0, 0.1) is 12.7 Å². The highest BCUT2D eigenvalue weighted by atomic mass is 32.1. The molecule has 2 rings (SSSR count). The fourth-order valence-electron chi connectivity index (χ4n) is 1.92. The molecular weight excluding hydrogens is 283 g/mol. The summed E-state index contributed by atoms with van der Waals surface area (Å²) in [4.78, 5) is 0. The first-order valence-corrected chi connectivity index (χ1v) is 7.30. The van der Waals surface area contributed by atoms with E-state index in [0.717, 1.165) is 5.69 Å². The third kappa shape index (κ3) is 4.26. The van der Waals surface area contributed by atoms with Gasteiger partial charge in [-0.3, -0.25) is 0 Å². The van der Waals surface area contributed by atoms with Gasteiger partial charge in [0.1, 0.15) is 5.82 Å². The maximum Gasteiger partial charge on any atom is 0.175 e. The van der Waals surface area contributed by atoms with Gasteiger partial charge in [0.15, 0.2) is 5.11 Å². The first-order valence-electron chi connectivity index (χ1n) is 6.90. The predicted octanol–water partition coefficient (Wildman–Crippen LogP) is 5.07. The van der Waals surface area contributed by atoms with E-state index in [2.05, 4.69) is 36.6 Å². The van der Waals surface area contributed by atoms with Crippen LogP contribution in [0.2, 0.25) is 0 Å². The number of anilines is 2. The first-order chi connectivity index (χ1) is 9.95. The molecule has 21 heavy (non-hydrogen) atoms. The van der Waals surface area contributed by atoms with Gasteiger partial charge in [-0.1, -0.05) is 32.0 Å². The van der Waals surface area contributed by atoms with Crippen molar-refractivity contribution in [3.05, 3.63) is 59.4 Å². The highest BCUT2D eigenvalue weighted by Gasteiger charge is 2.03. The van der Waals surface area contributed by atoms with E-state index in [1.54, 1.807) is 19.1 Å². The molecule has 0 atom stereocenters. The highest BCUT2D eigenvalue weighted by Crippen LogP contribution is 2.18. The fourth-order valence-corrected chi connectivity index (χ4v) is 2.15. The van der Waals surface area contributed by atoms with Crippen molar-refractivity contribution >= 4 is 28.7 Å². The van der Waals surface area contributed by atoms with Crippen LogP contribution in [0.25, 0.3) is 0 Å². The number of hydrogen-bond acceptors (Lipinski definition) is 1. The zero-order valence-corrected chi connectivity index (χ0v) is 13.2. The molecule has 0 bridgehead atoms. The van der Waals surface area contributed by atoms with Crippen LogP contribution >= 0.6 is 12.2 Å². The number of rotatable bonds is 3. The van der Waals surface area contributed by atoms with Gasteiger partial charge < -0.3 is 10.6 Å². The van der Waals surface area contributed by atoms with E-state index >= 15 is 0 Å². The maximum atomic E-state index is 13.5. The Morgan fingerprint density at radius 3 is 2.14 bits per heavy atom. The summed E-state index contributed by atoms with van der Waals surface area (Å²) in [5, 5.41) is 6.50. The van der Waals surface area contributed by atoms with Crippen molar-refractivity contribution < 1.29 is 4.39 Å². The van der Waals surface area contributed by atoms with Crippen molar-refractivity contribution in [1.82, 2.24) is 0 Å². The van der Waals surface area contributed by atoms with Gasteiger partial charge in [-0.2, -0.15) is 0 Å². The Kier molecular flexibility index (Phi) is 4.91. The molecule has 0 saturated heterocycles. The van der Waals surface area contributed by atoms with Gasteiger partial charge in [-0.05, 0) is 60.5 Å². The molecule has 0 unspecified atom stereocenters. The van der Waals surface area contributed by atoms with Crippen LogP contribution in [0.3, 0.4) is 0 Å². The Morgan fingerprint density at radius 1 is 1.00 bits per heavy atom. The minimum absolute atomic E-state index is 0.246. The van der Waals surface area contributed by atoms with Gasteiger partial charge in [-0.25, -0.2) is 4.39 Å². The average Bonchev–Trinajstić information content (AvgIpc) is 2.43. The highest BCUT2D eigenvalue weighted by molar-refractivity contribution is 7.80. The van der Waals surface area contributed by atoms with Crippen LogP contribution < -0.4 is 10.6 Å². The van der Waals surface area contributed by atoms with E-state index in [0.29, 0.717) is 22.3 Å². The van der Waals surface area contributed by atoms with Crippen LogP contribution in [0.1, 0.15) is 30.9 Å². The number of thiocarbonyl (C=S) groups is 1. The van der Waals surface area contributed by atoms with Crippen LogP contribution in [-0.4, -0.2) is 5.11 Å². The Balaban J connectivity index is 1.99. The summed E-state index contributed by atoms with van der Waals surface area (Å²) < 4.78 is 13.5. The normalized spacial score (nSPS) is 10.5. The Hall–Kier alpha value is -1.94. The molecule has 110 valence electrons. The van der Waals surface area contributed by atoms with Crippen molar-refractivity contribution in [1.29, 1.82) is 0 Å². The van der Waals surface area contributed by atoms with E-state index in [4.69, 9.17) is 12.2 Å². The van der Waals surface area contributed by atoms with E-state index in [1.807, 2.05) is 12.1 Å². The molecule has 0 saturated carbocycles. The molecule has 0 heterocycles. The molecule has 0 radical (unpaired) electrons. The SMILES string of the molecule is Cc1ccc(NC(=S)Nc2ccc(C(C)C)cc2)cc1F. The molecule has 0 aliphatic heterocycles. The van der Waals surface area contributed by atoms with Gasteiger partial charge in [0.25, 0.3) is 0 Å². The summed E-state index contributed by atoms with van der Waals surface area (Å²) in [5.41, 5.74) is 3.43. The zero-order valence-electron chi connectivity index (χ0n) is 12.4. The summed E-state index contributed by atoms with van der Waals surface area (Å²) in [5.74, 6) is 0.253. The Labute approximate surface area is 130 Å². The van der Waals surface area contributed by atoms with Crippen LogP contribution in [0.5, 0.6) is 0 Å². The lowest BCUT2D eigenvalue weighted by Gasteiger charge is -2.12. The zero-order chi connectivity index (χ0) is 15.4. The third-order valence-electron chi connectivity index (χ3n) is 3.26. The molecule has 0 aliphatic rings. The number of halogens is 1. The smallest absolute Gasteiger partial charge is 0.175 e. The van der Waals surface area contributed by atoms with Gasteiger partial charge >= 0.3 is 0 Å². The molecule has 2 aromatic rings. The second kappa shape index (κ2) is 6.68. The van der Waals surface area contributed by atoms with Gasteiger partial charge in [0, 0.05) is 11.4 Å². The van der Waals surface area contributed by atoms with Gasteiger partial charge in [0.05, 0.1) is 0 Å². The van der Waals surface area contributed by atoms with Crippen LogP contribution in [0.4, 0.5) is 15.8 Å². The average molecular weight is 302 g/mol. The summed E-state index contributed by atoms with van der Waals surface area (Å²) >= 11 is 5.23. The van der Waals surface area contributed by atoms with E-state index < -0.39 is 0 Å². The van der Waals surface area contributed by atoms with Crippen molar-refractivity contribution in [2.75, 3.05) is 10.6 Å². The molecule has 0 amide bonds. The number of nitrogens with one attached hydrogen (secondary N) is 2. The number of aryl methyl sites for hydroxylation is 1. The van der Waals surface area contributed by atoms with Crippen molar-refractivity contribution in [3.63, 3.8) is 0 Å². The second-order valence-electron chi connectivity index (χ2n) is 5.32. The Bertz CT molecular complexity index is 636. The van der Waals surface area contributed by atoms with Gasteiger partial charge in [-0.15, -0.1) is 0 Å². The fraction of sp³-hybridized carbons (Fsp3) is 0.235. The largest absolute Gasteiger partial charge is 0.332 e. The molecule has 2 N–H and O–H groups in total. The molecule has 0 fully saturated rings. The number of benzene rings is 2. The van der Waals surface area contributed by atoms with E-state index in [9.17, 15) is 4.39 Å². The minimum Gasteiger partial charge on any atom is -0.332 e. The second-order valence-corrected chi connectivity index (χ2v) is 5.73. The van der Waals surface area contributed by atoms with Crippen molar-refractivity contribution in [2.45, 2.75) is 26.7 Å². The predicted molar refractivity (Wildman–Crippen MR) is 91.5 cm³/mol. The summed E-state index contributed by atoms with van der Waals surface area (Å²) in [6.07, 6.45) is 0.